The molecule has 0 saturated heterocycles. The van der Waals surface area contributed by atoms with Crippen LogP contribution in [-0.4, -0.2) is 48.3 Å². The van der Waals surface area contributed by atoms with Gasteiger partial charge in [0.25, 0.3) is 0 Å². The van der Waals surface area contributed by atoms with Gasteiger partial charge in [-0.2, -0.15) is 11.8 Å². The molecule has 1 heterocycles. The van der Waals surface area contributed by atoms with Crippen LogP contribution in [0.4, 0.5) is 5.69 Å². The SMILES string of the molecule is CSc1ccccc1NC(=NCCSCCN)N1CCc2ccccc2C1. The van der Waals surface area contributed by atoms with Crippen molar-refractivity contribution in [2.75, 3.05) is 42.7 Å². The van der Waals surface area contributed by atoms with Crippen LogP contribution in [-0.2, 0) is 13.0 Å². The van der Waals surface area contributed by atoms with E-state index >= 15 is 0 Å². The number of aliphatic imine (C=N–C) groups is 1. The van der Waals surface area contributed by atoms with Gasteiger partial charge in [-0.1, -0.05) is 36.4 Å². The molecule has 0 atom stereocenters. The van der Waals surface area contributed by atoms with E-state index in [0.29, 0.717) is 0 Å². The van der Waals surface area contributed by atoms with E-state index in [4.69, 9.17) is 10.7 Å². The van der Waals surface area contributed by atoms with Crippen LogP contribution >= 0.6 is 23.5 Å². The molecule has 0 bridgehead atoms. The predicted molar refractivity (Wildman–Crippen MR) is 121 cm³/mol. The fraction of sp³-hybridized carbons (Fsp3) is 0.381. The molecular formula is C21H28N4S2. The third-order valence-corrected chi connectivity index (χ3v) is 6.33. The van der Waals surface area contributed by atoms with Crippen molar-refractivity contribution in [1.29, 1.82) is 0 Å². The minimum absolute atomic E-state index is 0.726. The van der Waals surface area contributed by atoms with E-state index in [-0.39, 0.29) is 0 Å². The molecule has 3 rings (SSSR count). The van der Waals surface area contributed by atoms with Crippen molar-refractivity contribution in [1.82, 2.24) is 4.90 Å². The Labute approximate surface area is 171 Å². The smallest absolute Gasteiger partial charge is 0.198 e. The lowest BCUT2D eigenvalue weighted by atomic mass is 10.0. The molecule has 0 spiro atoms. The van der Waals surface area contributed by atoms with Crippen LogP contribution in [0.15, 0.2) is 58.4 Å². The summed E-state index contributed by atoms with van der Waals surface area (Å²) in [4.78, 5) is 8.53. The highest BCUT2D eigenvalue weighted by Gasteiger charge is 2.19. The molecule has 0 aliphatic carbocycles. The van der Waals surface area contributed by atoms with E-state index in [9.17, 15) is 0 Å². The fourth-order valence-corrected chi connectivity index (χ4v) is 4.31. The molecule has 3 N–H and O–H groups in total. The van der Waals surface area contributed by atoms with Gasteiger partial charge in [0.1, 0.15) is 0 Å². The average Bonchev–Trinajstić information content (AvgIpc) is 2.72. The number of nitrogens with two attached hydrogens (primary N) is 1. The maximum atomic E-state index is 5.59. The maximum absolute atomic E-state index is 5.59. The molecule has 6 heteroatoms. The number of anilines is 1. The normalized spacial score (nSPS) is 14.1. The number of hydrogen-bond acceptors (Lipinski definition) is 4. The molecule has 4 nitrogen and oxygen atoms in total. The lowest BCUT2D eigenvalue weighted by molar-refractivity contribution is 0.391. The van der Waals surface area contributed by atoms with Crippen molar-refractivity contribution in [3.63, 3.8) is 0 Å². The van der Waals surface area contributed by atoms with Crippen molar-refractivity contribution in [2.24, 2.45) is 10.7 Å². The van der Waals surface area contributed by atoms with Crippen LogP contribution in [0.5, 0.6) is 0 Å². The molecule has 1 aliphatic rings. The first-order valence-electron chi connectivity index (χ1n) is 9.36. The molecule has 0 aromatic heterocycles. The summed E-state index contributed by atoms with van der Waals surface area (Å²) in [5.74, 6) is 2.96. The van der Waals surface area contributed by atoms with Gasteiger partial charge in [0, 0.05) is 36.0 Å². The first-order valence-corrected chi connectivity index (χ1v) is 11.7. The van der Waals surface area contributed by atoms with Crippen LogP contribution < -0.4 is 11.1 Å². The lowest BCUT2D eigenvalue weighted by Crippen LogP contribution is -2.40. The van der Waals surface area contributed by atoms with Gasteiger partial charge >= 0.3 is 0 Å². The number of hydrogen-bond donors (Lipinski definition) is 2. The number of para-hydroxylation sites is 1. The molecule has 144 valence electrons. The molecule has 0 unspecified atom stereocenters. The monoisotopic (exact) mass is 400 g/mol. The molecule has 0 radical (unpaired) electrons. The maximum Gasteiger partial charge on any atom is 0.198 e. The highest BCUT2D eigenvalue weighted by atomic mass is 32.2. The van der Waals surface area contributed by atoms with Crippen molar-refractivity contribution in [2.45, 2.75) is 17.9 Å². The fourth-order valence-electron chi connectivity index (χ4n) is 3.16. The van der Waals surface area contributed by atoms with E-state index in [1.165, 1.54) is 16.0 Å². The van der Waals surface area contributed by atoms with Crippen molar-refractivity contribution in [3.05, 3.63) is 59.7 Å². The summed E-state index contributed by atoms with van der Waals surface area (Å²) in [6.07, 6.45) is 3.17. The minimum atomic E-state index is 0.726. The summed E-state index contributed by atoms with van der Waals surface area (Å²) < 4.78 is 0. The Hall–Kier alpha value is -1.63. The van der Waals surface area contributed by atoms with E-state index in [1.54, 1.807) is 11.8 Å². The van der Waals surface area contributed by atoms with E-state index in [1.807, 2.05) is 11.8 Å². The van der Waals surface area contributed by atoms with Crippen molar-refractivity contribution < 1.29 is 0 Å². The molecule has 2 aromatic rings. The minimum Gasteiger partial charge on any atom is -0.338 e. The summed E-state index contributed by atoms with van der Waals surface area (Å²) in [7, 11) is 0. The van der Waals surface area contributed by atoms with Gasteiger partial charge in [0.05, 0.1) is 12.2 Å². The number of benzene rings is 2. The van der Waals surface area contributed by atoms with E-state index < -0.39 is 0 Å². The molecular weight excluding hydrogens is 372 g/mol. The zero-order chi connectivity index (χ0) is 18.9. The Kier molecular flexibility index (Phi) is 7.93. The second-order valence-electron chi connectivity index (χ2n) is 6.37. The summed E-state index contributed by atoms with van der Waals surface area (Å²) >= 11 is 3.62. The number of guanidine groups is 1. The van der Waals surface area contributed by atoms with Crippen LogP contribution in [0, 0.1) is 0 Å². The van der Waals surface area contributed by atoms with Crippen LogP contribution in [0.1, 0.15) is 11.1 Å². The van der Waals surface area contributed by atoms with Gasteiger partial charge in [0.2, 0.25) is 0 Å². The highest BCUT2D eigenvalue weighted by Crippen LogP contribution is 2.26. The number of nitrogens with one attached hydrogen (secondary N) is 1. The van der Waals surface area contributed by atoms with Crippen LogP contribution in [0.25, 0.3) is 0 Å². The number of rotatable bonds is 7. The Morgan fingerprint density at radius 2 is 1.89 bits per heavy atom. The van der Waals surface area contributed by atoms with Gasteiger partial charge in [-0.3, -0.25) is 4.99 Å². The number of nitrogens with zero attached hydrogens (tertiary/aromatic N) is 2. The molecule has 1 aliphatic heterocycles. The number of thioether (sulfide) groups is 2. The van der Waals surface area contributed by atoms with Gasteiger partial charge < -0.3 is 16.0 Å². The second-order valence-corrected chi connectivity index (χ2v) is 8.44. The predicted octanol–water partition coefficient (Wildman–Crippen LogP) is 3.93. The third-order valence-electron chi connectivity index (χ3n) is 4.54. The molecule has 2 aromatic carbocycles. The Bertz CT molecular complexity index is 763. The average molecular weight is 401 g/mol. The van der Waals surface area contributed by atoms with Crippen LogP contribution in [0.2, 0.25) is 0 Å². The molecule has 27 heavy (non-hydrogen) atoms. The Morgan fingerprint density at radius 3 is 2.70 bits per heavy atom. The Morgan fingerprint density at radius 1 is 1.11 bits per heavy atom. The zero-order valence-electron chi connectivity index (χ0n) is 15.9. The van der Waals surface area contributed by atoms with E-state index in [0.717, 1.165) is 55.8 Å². The van der Waals surface area contributed by atoms with Crippen LogP contribution in [0.3, 0.4) is 0 Å². The summed E-state index contributed by atoms with van der Waals surface area (Å²) in [5, 5.41) is 3.61. The van der Waals surface area contributed by atoms with Gasteiger partial charge in [-0.15, -0.1) is 11.8 Å². The first-order chi connectivity index (χ1) is 13.3. The van der Waals surface area contributed by atoms with Crippen molar-refractivity contribution >= 4 is 35.2 Å². The van der Waals surface area contributed by atoms with Gasteiger partial charge in [0.15, 0.2) is 5.96 Å². The summed E-state index contributed by atoms with van der Waals surface area (Å²) in [6, 6.07) is 17.1. The molecule has 0 fully saturated rings. The van der Waals surface area contributed by atoms with Crippen molar-refractivity contribution in [3.8, 4) is 0 Å². The Balaban J connectivity index is 1.76. The summed E-state index contributed by atoms with van der Waals surface area (Å²) in [5.41, 5.74) is 9.56. The topological polar surface area (TPSA) is 53.6 Å². The lowest BCUT2D eigenvalue weighted by Gasteiger charge is -2.32. The largest absolute Gasteiger partial charge is 0.338 e. The van der Waals surface area contributed by atoms with Gasteiger partial charge in [-0.05, 0) is 35.9 Å². The molecule has 0 amide bonds. The van der Waals surface area contributed by atoms with Gasteiger partial charge in [-0.25, -0.2) is 0 Å². The zero-order valence-corrected chi connectivity index (χ0v) is 17.5. The standard InChI is InChI=1S/C21H28N4S2/c1-26-20-9-5-4-8-19(20)24-21(23-12-15-27-14-11-22)25-13-10-17-6-2-3-7-18(17)16-25/h2-9H,10-16,22H2,1H3,(H,23,24). The second kappa shape index (κ2) is 10.6. The highest BCUT2D eigenvalue weighted by molar-refractivity contribution is 7.99. The summed E-state index contributed by atoms with van der Waals surface area (Å²) in [6.45, 7) is 3.41. The third kappa shape index (κ3) is 5.67. The number of fused-ring (bicyclic) bond motifs is 1. The molecule has 0 saturated carbocycles. The first kappa shape index (κ1) is 20.1. The quantitative estimate of drug-likeness (QED) is 0.319. The van der Waals surface area contributed by atoms with E-state index in [2.05, 4.69) is 65.0 Å².